The fourth-order valence-electron chi connectivity index (χ4n) is 2.36. The van der Waals surface area contributed by atoms with Crippen LogP contribution in [0.4, 0.5) is 0 Å². The molecule has 2 rings (SSSR count). The normalized spacial score (nSPS) is 20.0. The maximum atomic E-state index is 9.99. The lowest BCUT2D eigenvalue weighted by Crippen LogP contribution is -2.07. The predicted molar refractivity (Wildman–Crippen MR) is 64.9 cm³/mol. The summed E-state index contributed by atoms with van der Waals surface area (Å²) < 4.78 is 7.32. The van der Waals surface area contributed by atoms with Crippen LogP contribution in [0.15, 0.2) is 12.4 Å². The number of aryl methyl sites for hydroxylation is 1. The number of ether oxygens (including phenoxy) is 1. The molecule has 1 heterocycles. The minimum Gasteiger partial charge on any atom is -0.394 e. The summed E-state index contributed by atoms with van der Waals surface area (Å²) in [6, 6.07) is 0. The number of aromatic nitrogens is 1. The molecular formula is C13H21NO3. The highest BCUT2D eigenvalue weighted by Gasteiger charge is 2.18. The van der Waals surface area contributed by atoms with Crippen molar-refractivity contribution in [3.63, 3.8) is 0 Å². The third-order valence-electron chi connectivity index (χ3n) is 3.26. The lowest BCUT2D eigenvalue weighted by molar-refractivity contribution is 0.0869. The van der Waals surface area contributed by atoms with Crippen molar-refractivity contribution in [2.45, 2.75) is 38.3 Å². The first-order valence-electron chi connectivity index (χ1n) is 6.36. The number of rotatable bonds is 5. The SMILES string of the molecule is OCCOCCn1cc2c(c1)C(O)CCCC2. The summed E-state index contributed by atoms with van der Waals surface area (Å²) in [6.07, 6.45) is 8.06. The molecule has 0 saturated carbocycles. The number of fused-ring (bicyclic) bond motifs is 1. The third kappa shape index (κ3) is 3.31. The van der Waals surface area contributed by atoms with Gasteiger partial charge in [-0.3, -0.25) is 0 Å². The van der Waals surface area contributed by atoms with E-state index in [0.717, 1.165) is 37.8 Å². The van der Waals surface area contributed by atoms with E-state index in [0.29, 0.717) is 13.2 Å². The van der Waals surface area contributed by atoms with Gasteiger partial charge in [0.1, 0.15) is 0 Å². The zero-order valence-electron chi connectivity index (χ0n) is 10.1. The van der Waals surface area contributed by atoms with Crippen LogP contribution in [0.1, 0.15) is 36.5 Å². The van der Waals surface area contributed by atoms with Crippen molar-refractivity contribution >= 4 is 0 Å². The van der Waals surface area contributed by atoms with Gasteiger partial charge in [0.15, 0.2) is 0 Å². The second-order valence-electron chi connectivity index (χ2n) is 4.57. The molecule has 4 heteroatoms. The van der Waals surface area contributed by atoms with Gasteiger partial charge in [-0.1, -0.05) is 6.42 Å². The van der Waals surface area contributed by atoms with Crippen LogP contribution in [0.3, 0.4) is 0 Å². The van der Waals surface area contributed by atoms with Gasteiger partial charge >= 0.3 is 0 Å². The van der Waals surface area contributed by atoms with Crippen molar-refractivity contribution in [3.8, 4) is 0 Å². The molecular weight excluding hydrogens is 218 g/mol. The van der Waals surface area contributed by atoms with Crippen molar-refractivity contribution in [1.29, 1.82) is 0 Å². The molecule has 1 aromatic heterocycles. The molecule has 2 N–H and O–H groups in total. The monoisotopic (exact) mass is 239 g/mol. The minimum absolute atomic E-state index is 0.0703. The van der Waals surface area contributed by atoms with Crippen molar-refractivity contribution in [2.75, 3.05) is 19.8 Å². The summed E-state index contributed by atoms with van der Waals surface area (Å²) in [7, 11) is 0. The second-order valence-corrected chi connectivity index (χ2v) is 4.57. The summed E-state index contributed by atoms with van der Waals surface area (Å²) in [6.45, 7) is 1.84. The van der Waals surface area contributed by atoms with E-state index in [4.69, 9.17) is 9.84 Å². The molecule has 1 aliphatic rings. The summed E-state index contributed by atoms with van der Waals surface area (Å²) in [4.78, 5) is 0. The molecule has 0 saturated heterocycles. The molecule has 17 heavy (non-hydrogen) atoms. The van der Waals surface area contributed by atoms with Gasteiger partial charge in [0.05, 0.1) is 25.9 Å². The van der Waals surface area contributed by atoms with Crippen LogP contribution in [-0.4, -0.2) is 34.6 Å². The highest BCUT2D eigenvalue weighted by Crippen LogP contribution is 2.29. The van der Waals surface area contributed by atoms with Gasteiger partial charge in [-0.05, 0) is 24.8 Å². The summed E-state index contributed by atoms with van der Waals surface area (Å²) in [5.74, 6) is 0. The molecule has 0 bridgehead atoms. The molecule has 0 spiro atoms. The van der Waals surface area contributed by atoms with Gasteiger partial charge in [0, 0.05) is 24.5 Å². The van der Waals surface area contributed by atoms with Gasteiger partial charge in [-0.25, -0.2) is 0 Å². The van der Waals surface area contributed by atoms with Gasteiger partial charge in [0.25, 0.3) is 0 Å². The molecule has 0 radical (unpaired) electrons. The van der Waals surface area contributed by atoms with Crippen LogP contribution in [0.5, 0.6) is 0 Å². The Bertz CT molecular complexity index is 348. The molecule has 4 nitrogen and oxygen atoms in total. The quantitative estimate of drug-likeness (QED) is 0.601. The Kier molecular flexibility index (Phi) is 4.59. The van der Waals surface area contributed by atoms with Crippen molar-refractivity contribution in [1.82, 2.24) is 4.57 Å². The van der Waals surface area contributed by atoms with Crippen LogP contribution in [0, 0.1) is 0 Å². The molecule has 96 valence electrons. The zero-order chi connectivity index (χ0) is 12.1. The van der Waals surface area contributed by atoms with E-state index >= 15 is 0 Å². The summed E-state index contributed by atoms with van der Waals surface area (Å²) in [5, 5.41) is 18.6. The smallest absolute Gasteiger partial charge is 0.0807 e. The molecule has 1 atom stereocenters. The van der Waals surface area contributed by atoms with Crippen LogP contribution in [-0.2, 0) is 17.7 Å². The van der Waals surface area contributed by atoms with E-state index < -0.39 is 0 Å². The van der Waals surface area contributed by atoms with E-state index in [1.54, 1.807) is 0 Å². The number of aliphatic hydroxyl groups excluding tert-OH is 2. The summed E-state index contributed by atoms with van der Waals surface area (Å²) >= 11 is 0. The van der Waals surface area contributed by atoms with Crippen LogP contribution >= 0.6 is 0 Å². The molecule has 0 aliphatic heterocycles. The largest absolute Gasteiger partial charge is 0.394 e. The van der Waals surface area contributed by atoms with E-state index in [1.165, 1.54) is 5.56 Å². The van der Waals surface area contributed by atoms with Crippen molar-refractivity contribution in [2.24, 2.45) is 0 Å². The van der Waals surface area contributed by atoms with Gasteiger partial charge in [0.2, 0.25) is 0 Å². The summed E-state index contributed by atoms with van der Waals surface area (Å²) in [5.41, 5.74) is 2.36. The lowest BCUT2D eigenvalue weighted by Gasteiger charge is -2.06. The Labute approximate surface area is 102 Å². The molecule has 1 aliphatic carbocycles. The van der Waals surface area contributed by atoms with Gasteiger partial charge in [-0.15, -0.1) is 0 Å². The fraction of sp³-hybridized carbons (Fsp3) is 0.692. The Morgan fingerprint density at radius 3 is 3.00 bits per heavy atom. The van der Waals surface area contributed by atoms with E-state index in [2.05, 4.69) is 10.8 Å². The Morgan fingerprint density at radius 2 is 2.18 bits per heavy atom. The number of hydrogen-bond donors (Lipinski definition) is 2. The molecule has 0 aromatic carbocycles. The molecule has 0 amide bonds. The standard InChI is InChI=1S/C13H21NO3/c15-6-8-17-7-5-14-9-11-3-1-2-4-13(16)12(11)10-14/h9-10,13,15-16H,1-8H2. The number of hydrogen-bond acceptors (Lipinski definition) is 3. The zero-order valence-corrected chi connectivity index (χ0v) is 10.1. The minimum atomic E-state index is -0.299. The first-order valence-corrected chi connectivity index (χ1v) is 6.36. The average molecular weight is 239 g/mol. The lowest BCUT2D eigenvalue weighted by atomic mass is 10.1. The highest BCUT2D eigenvalue weighted by atomic mass is 16.5. The van der Waals surface area contributed by atoms with Crippen molar-refractivity contribution in [3.05, 3.63) is 23.5 Å². The Hall–Kier alpha value is -0.840. The first kappa shape index (κ1) is 12.6. The predicted octanol–water partition coefficient (Wildman–Crippen LogP) is 1.26. The second kappa shape index (κ2) is 6.19. The first-order chi connectivity index (χ1) is 8.31. The highest BCUT2D eigenvalue weighted by molar-refractivity contribution is 5.27. The van der Waals surface area contributed by atoms with E-state index in [1.807, 2.05) is 6.20 Å². The van der Waals surface area contributed by atoms with Crippen molar-refractivity contribution < 1.29 is 14.9 Å². The molecule has 1 unspecified atom stereocenters. The van der Waals surface area contributed by atoms with E-state index in [9.17, 15) is 5.11 Å². The third-order valence-corrected chi connectivity index (χ3v) is 3.26. The van der Waals surface area contributed by atoms with Gasteiger partial charge in [-0.2, -0.15) is 0 Å². The maximum Gasteiger partial charge on any atom is 0.0807 e. The Morgan fingerprint density at radius 1 is 1.29 bits per heavy atom. The van der Waals surface area contributed by atoms with Crippen LogP contribution < -0.4 is 0 Å². The number of nitrogens with zero attached hydrogens (tertiary/aromatic N) is 1. The van der Waals surface area contributed by atoms with Gasteiger partial charge < -0.3 is 19.5 Å². The van der Waals surface area contributed by atoms with Crippen LogP contribution in [0.25, 0.3) is 0 Å². The van der Waals surface area contributed by atoms with Crippen LogP contribution in [0.2, 0.25) is 0 Å². The maximum absolute atomic E-state index is 9.99. The fourth-order valence-corrected chi connectivity index (χ4v) is 2.36. The average Bonchev–Trinajstić information content (AvgIpc) is 2.66. The Balaban J connectivity index is 1.94. The molecule has 0 fully saturated rings. The molecule has 1 aromatic rings. The topological polar surface area (TPSA) is 54.6 Å². The van der Waals surface area contributed by atoms with E-state index in [-0.39, 0.29) is 12.7 Å². The number of aliphatic hydroxyl groups is 2.